The first-order valence-corrected chi connectivity index (χ1v) is 9.99. The van der Waals surface area contributed by atoms with Crippen LogP contribution in [0.2, 0.25) is 0 Å². The van der Waals surface area contributed by atoms with Crippen LogP contribution in [0, 0.1) is 5.41 Å². The summed E-state index contributed by atoms with van der Waals surface area (Å²) >= 11 is 0. The molecule has 5 nitrogen and oxygen atoms in total. The van der Waals surface area contributed by atoms with Crippen LogP contribution in [0.15, 0.2) is 30.3 Å². The van der Waals surface area contributed by atoms with Crippen molar-refractivity contribution in [3.05, 3.63) is 35.9 Å². The highest BCUT2D eigenvalue weighted by atomic mass is 16.5. The molecule has 0 radical (unpaired) electrons. The van der Waals surface area contributed by atoms with E-state index in [4.69, 9.17) is 4.74 Å². The molecule has 5 heteroatoms. The van der Waals surface area contributed by atoms with E-state index < -0.39 is 0 Å². The number of piperidine rings is 1. The molecule has 0 aliphatic carbocycles. The van der Waals surface area contributed by atoms with Gasteiger partial charge in [-0.05, 0) is 43.8 Å². The molecule has 3 saturated heterocycles. The van der Waals surface area contributed by atoms with Crippen LogP contribution in [0.5, 0.6) is 0 Å². The van der Waals surface area contributed by atoms with Gasteiger partial charge in [0.15, 0.2) is 0 Å². The third kappa shape index (κ3) is 3.95. The Morgan fingerprint density at radius 1 is 1.12 bits per heavy atom. The molecule has 26 heavy (non-hydrogen) atoms. The molecule has 0 saturated carbocycles. The van der Waals surface area contributed by atoms with Crippen molar-refractivity contribution in [2.45, 2.75) is 31.9 Å². The predicted octanol–water partition coefficient (Wildman–Crippen LogP) is 1.83. The topological polar surface area (TPSA) is 36.0 Å². The Hall–Kier alpha value is -1.43. The van der Waals surface area contributed by atoms with Gasteiger partial charge < -0.3 is 14.5 Å². The maximum atomic E-state index is 12.8. The van der Waals surface area contributed by atoms with Crippen LogP contribution in [-0.2, 0) is 16.1 Å². The van der Waals surface area contributed by atoms with E-state index in [0.29, 0.717) is 12.0 Å². The maximum absolute atomic E-state index is 12.8. The predicted molar refractivity (Wildman–Crippen MR) is 102 cm³/mol. The van der Waals surface area contributed by atoms with E-state index in [0.717, 1.165) is 45.6 Å². The number of likely N-dealkylation sites (N-methyl/N-ethyl adjacent to an activating group) is 1. The number of carbonyl (C=O) groups is 1. The van der Waals surface area contributed by atoms with Gasteiger partial charge >= 0.3 is 0 Å². The largest absolute Gasteiger partial charge is 0.366 e. The first kappa shape index (κ1) is 18.0. The van der Waals surface area contributed by atoms with Crippen molar-refractivity contribution in [3.63, 3.8) is 0 Å². The molecule has 4 rings (SSSR count). The van der Waals surface area contributed by atoms with Gasteiger partial charge in [-0.2, -0.15) is 0 Å². The highest BCUT2D eigenvalue weighted by Gasteiger charge is 2.42. The van der Waals surface area contributed by atoms with Crippen molar-refractivity contribution in [2.24, 2.45) is 5.41 Å². The zero-order chi connectivity index (χ0) is 18.0. The zero-order valence-corrected chi connectivity index (χ0v) is 15.9. The van der Waals surface area contributed by atoms with E-state index in [9.17, 15) is 4.79 Å². The second-order valence-corrected chi connectivity index (χ2v) is 8.39. The second-order valence-electron chi connectivity index (χ2n) is 8.39. The minimum absolute atomic E-state index is 0.200. The molecule has 3 heterocycles. The molecular weight excluding hydrogens is 326 g/mol. The maximum Gasteiger partial charge on any atom is 0.253 e. The molecule has 0 N–H and O–H groups in total. The van der Waals surface area contributed by atoms with Crippen molar-refractivity contribution in [3.8, 4) is 0 Å². The van der Waals surface area contributed by atoms with Crippen LogP contribution < -0.4 is 0 Å². The number of nitrogens with zero attached hydrogens (tertiary/aromatic N) is 3. The first-order chi connectivity index (χ1) is 12.6. The van der Waals surface area contributed by atoms with Gasteiger partial charge in [0.05, 0.1) is 6.61 Å². The first-order valence-electron chi connectivity index (χ1n) is 9.99. The summed E-state index contributed by atoms with van der Waals surface area (Å²) in [5.74, 6) is 0.200. The van der Waals surface area contributed by atoms with E-state index >= 15 is 0 Å². The third-order valence-electron chi connectivity index (χ3n) is 6.45. The number of likely N-dealkylation sites (tertiary alicyclic amines) is 2. The van der Waals surface area contributed by atoms with Crippen molar-refractivity contribution in [1.29, 1.82) is 0 Å². The van der Waals surface area contributed by atoms with E-state index in [-0.39, 0.29) is 12.0 Å². The quantitative estimate of drug-likeness (QED) is 0.827. The fraction of sp³-hybridized carbons (Fsp3) is 0.667. The molecule has 1 unspecified atom stereocenters. The van der Waals surface area contributed by atoms with Gasteiger partial charge in [-0.3, -0.25) is 9.69 Å². The summed E-state index contributed by atoms with van der Waals surface area (Å²) in [7, 11) is 2.06. The smallest absolute Gasteiger partial charge is 0.253 e. The number of amides is 1. The lowest BCUT2D eigenvalue weighted by atomic mass is 9.77. The number of hydrogen-bond donors (Lipinski definition) is 0. The van der Waals surface area contributed by atoms with Gasteiger partial charge in [0.1, 0.15) is 6.10 Å². The number of hydrogen-bond acceptors (Lipinski definition) is 4. The summed E-state index contributed by atoms with van der Waals surface area (Å²) in [5.41, 5.74) is 1.81. The average Bonchev–Trinajstić information content (AvgIpc) is 3.05. The Balaban J connectivity index is 1.29. The lowest BCUT2D eigenvalue weighted by Gasteiger charge is -2.41. The fourth-order valence-electron chi connectivity index (χ4n) is 4.74. The van der Waals surface area contributed by atoms with Crippen LogP contribution in [0.25, 0.3) is 0 Å². The number of benzene rings is 1. The summed E-state index contributed by atoms with van der Waals surface area (Å²) in [6.07, 6.45) is 3.27. The Morgan fingerprint density at radius 2 is 1.85 bits per heavy atom. The summed E-state index contributed by atoms with van der Waals surface area (Å²) in [6, 6.07) is 10.8. The lowest BCUT2D eigenvalue weighted by molar-refractivity contribution is -0.151. The van der Waals surface area contributed by atoms with E-state index in [1.165, 1.54) is 25.1 Å². The van der Waals surface area contributed by atoms with Gasteiger partial charge in [0.2, 0.25) is 0 Å². The second kappa shape index (κ2) is 7.67. The average molecular weight is 357 g/mol. The Bertz CT molecular complexity index is 613. The molecule has 1 spiro atoms. The number of rotatable bonds is 3. The number of morpholine rings is 1. The molecule has 0 bridgehead atoms. The Morgan fingerprint density at radius 3 is 2.58 bits per heavy atom. The minimum atomic E-state index is -0.263. The normalized spacial score (nSPS) is 27.1. The Kier molecular flexibility index (Phi) is 5.30. The third-order valence-corrected chi connectivity index (χ3v) is 6.45. The van der Waals surface area contributed by atoms with Crippen molar-refractivity contribution < 1.29 is 9.53 Å². The molecule has 142 valence electrons. The van der Waals surface area contributed by atoms with Crippen LogP contribution >= 0.6 is 0 Å². The molecule has 1 aromatic rings. The van der Waals surface area contributed by atoms with Gasteiger partial charge in [-0.1, -0.05) is 30.3 Å². The van der Waals surface area contributed by atoms with E-state index in [1.807, 2.05) is 0 Å². The molecule has 3 aliphatic heterocycles. The van der Waals surface area contributed by atoms with E-state index in [2.05, 4.69) is 52.1 Å². The Labute approximate surface area is 156 Å². The molecule has 3 fully saturated rings. The summed E-state index contributed by atoms with van der Waals surface area (Å²) in [5, 5.41) is 0. The zero-order valence-electron chi connectivity index (χ0n) is 15.9. The van der Waals surface area contributed by atoms with Gasteiger partial charge in [-0.25, -0.2) is 0 Å². The molecule has 1 aromatic carbocycles. The van der Waals surface area contributed by atoms with Crippen LogP contribution in [0.3, 0.4) is 0 Å². The molecule has 3 aliphatic rings. The lowest BCUT2D eigenvalue weighted by Crippen LogP contribution is -2.53. The summed E-state index contributed by atoms with van der Waals surface area (Å²) < 4.78 is 5.72. The van der Waals surface area contributed by atoms with Gasteiger partial charge in [0, 0.05) is 39.3 Å². The fourth-order valence-corrected chi connectivity index (χ4v) is 4.74. The summed E-state index contributed by atoms with van der Waals surface area (Å²) in [4.78, 5) is 19.6. The van der Waals surface area contributed by atoms with E-state index in [1.54, 1.807) is 0 Å². The monoisotopic (exact) mass is 357 g/mol. The summed E-state index contributed by atoms with van der Waals surface area (Å²) in [6.45, 7) is 7.50. The van der Waals surface area contributed by atoms with Gasteiger partial charge in [-0.15, -0.1) is 0 Å². The van der Waals surface area contributed by atoms with Crippen molar-refractivity contribution >= 4 is 5.91 Å². The minimum Gasteiger partial charge on any atom is -0.366 e. The SMILES string of the molecule is CN1CCOC(C(=O)N2CCC3(CCN(Cc4ccccc4)C3)CC2)C1. The standard InChI is InChI=1S/C21H31N3O2/c1-22-13-14-26-19(16-22)20(25)24-11-8-21(9-12-24)7-10-23(17-21)15-18-5-3-2-4-6-18/h2-6,19H,7-17H2,1H3. The molecule has 1 amide bonds. The van der Waals surface area contributed by atoms with Crippen LogP contribution in [0.4, 0.5) is 0 Å². The molecule has 1 atom stereocenters. The number of ether oxygens (including phenoxy) is 1. The number of carbonyl (C=O) groups excluding carboxylic acids is 1. The van der Waals surface area contributed by atoms with Crippen molar-refractivity contribution in [1.82, 2.24) is 14.7 Å². The van der Waals surface area contributed by atoms with Gasteiger partial charge in [0.25, 0.3) is 5.91 Å². The highest BCUT2D eigenvalue weighted by molar-refractivity contribution is 5.81. The molecule has 0 aromatic heterocycles. The molecular formula is C21H31N3O2. The van der Waals surface area contributed by atoms with Crippen LogP contribution in [-0.4, -0.2) is 79.6 Å². The van der Waals surface area contributed by atoms with Crippen molar-refractivity contribution in [2.75, 3.05) is 52.9 Å². The highest BCUT2D eigenvalue weighted by Crippen LogP contribution is 2.41. The van der Waals surface area contributed by atoms with Crippen LogP contribution in [0.1, 0.15) is 24.8 Å².